The van der Waals surface area contributed by atoms with Gasteiger partial charge in [0.2, 0.25) is 0 Å². The Kier molecular flexibility index (Phi) is 2.09. The van der Waals surface area contributed by atoms with Crippen LogP contribution in [0.1, 0.15) is 20.8 Å². The summed E-state index contributed by atoms with van der Waals surface area (Å²) < 4.78 is 0. The minimum atomic E-state index is 0.537. The Labute approximate surface area is 56.8 Å². The standard InChI is InChI=1S/C7H15NO/c1-6(2)8-4-7(3)5-9-8/h6-7H,4-5H2,1-3H3. The quantitative estimate of drug-likeness (QED) is 0.528. The minimum Gasteiger partial charge on any atom is -0.298 e. The van der Waals surface area contributed by atoms with Gasteiger partial charge >= 0.3 is 0 Å². The highest BCUT2D eigenvalue weighted by Gasteiger charge is 2.21. The second kappa shape index (κ2) is 2.67. The van der Waals surface area contributed by atoms with Gasteiger partial charge in [0.1, 0.15) is 0 Å². The average molecular weight is 129 g/mol. The molecule has 54 valence electrons. The van der Waals surface area contributed by atoms with Crippen molar-refractivity contribution in [2.75, 3.05) is 13.2 Å². The van der Waals surface area contributed by atoms with Gasteiger partial charge < -0.3 is 0 Å². The molecule has 1 saturated heterocycles. The molecule has 0 saturated carbocycles. The van der Waals surface area contributed by atoms with Crippen molar-refractivity contribution in [3.8, 4) is 0 Å². The Morgan fingerprint density at radius 1 is 1.56 bits per heavy atom. The minimum absolute atomic E-state index is 0.537. The molecule has 0 aromatic carbocycles. The van der Waals surface area contributed by atoms with Gasteiger partial charge in [-0.2, -0.15) is 5.06 Å². The summed E-state index contributed by atoms with van der Waals surface area (Å²) in [5, 5.41) is 2.05. The summed E-state index contributed by atoms with van der Waals surface area (Å²) in [6.07, 6.45) is 0. The van der Waals surface area contributed by atoms with E-state index >= 15 is 0 Å². The zero-order chi connectivity index (χ0) is 6.85. The van der Waals surface area contributed by atoms with Gasteiger partial charge in [0.15, 0.2) is 0 Å². The van der Waals surface area contributed by atoms with Crippen LogP contribution in [0.15, 0.2) is 0 Å². The van der Waals surface area contributed by atoms with Crippen LogP contribution in [0.2, 0.25) is 0 Å². The van der Waals surface area contributed by atoms with E-state index in [4.69, 9.17) is 4.84 Å². The van der Waals surface area contributed by atoms with Crippen molar-refractivity contribution in [1.82, 2.24) is 5.06 Å². The molecule has 1 fully saturated rings. The van der Waals surface area contributed by atoms with Crippen LogP contribution in [0.5, 0.6) is 0 Å². The maximum Gasteiger partial charge on any atom is 0.0723 e. The second-order valence-corrected chi connectivity index (χ2v) is 3.09. The van der Waals surface area contributed by atoms with E-state index < -0.39 is 0 Å². The molecular formula is C7H15NO. The van der Waals surface area contributed by atoms with Gasteiger partial charge in [0.05, 0.1) is 6.61 Å². The van der Waals surface area contributed by atoms with E-state index in [1.54, 1.807) is 0 Å². The van der Waals surface area contributed by atoms with Crippen molar-refractivity contribution in [1.29, 1.82) is 0 Å². The summed E-state index contributed by atoms with van der Waals surface area (Å²) in [5.74, 6) is 0.715. The number of hydroxylamine groups is 2. The van der Waals surface area contributed by atoms with E-state index in [1.165, 1.54) is 0 Å². The Morgan fingerprint density at radius 3 is 2.44 bits per heavy atom. The highest BCUT2D eigenvalue weighted by molar-refractivity contribution is 4.64. The lowest BCUT2D eigenvalue weighted by molar-refractivity contribution is -0.132. The van der Waals surface area contributed by atoms with Gasteiger partial charge in [-0.1, -0.05) is 6.92 Å². The van der Waals surface area contributed by atoms with Gasteiger partial charge in [-0.15, -0.1) is 0 Å². The van der Waals surface area contributed by atoms with Crippen LogP contribution in [-0.4, -0.2) is 24.3 Å². The molecule has 0 bridgehead atoms. The van der Waals surface area contributed by atoms with E-state index in [9.17, 15) is 0 Å². The summed E-state index contributed by atoms with van der Waals surface area (Å²) in [7, 11) is 0. The fraction of sp³-hybridized carbons (Fsp3) is 1.00. The Balaban J connectivity index is 2.30. The van der Waals surface area contributed by atoms with Gasteiger partial charge in [-0.3, -0.25) is 4.84 Å². The number of rotatable bonds is 1. The molecule has 0 aromatic rings. The number of nitrogens with zero attached hydrogens (tertiary/aromatic N) is 1. The third-order valence-corrected chi connectivity index (χ3v) is 1.59. The fourth-order valence-corrected chi connectivity index (χ4v) is 0.995. The van der Waals surface area contributed by atoms with Crippen LogP contribution in [0.25, 0.3) is 0 Å². The number of hydrogen-bond acceptors (Lipinski definition) is 2. The molecule has 1 atom stereocenters. The van der Waals surface area contributed by atoms with Crippen molar-refractivity contribution in [3.63, 3.8) is 0 Å². The van der Waals surface area contributed by atoms with Crippen molar-refractivity contribution in [2.24, 2.45) is 5.92 Å². The Bertz CT molecular complexity index is 92.9. The topological polar surface area (TPSA) is 12.5 Å². The van der Waals surface area contributed by atoms with Crippen molar-refractivity contribution in [2.45, 2.75) is 26.8 Å². The predicted molar refractivity (Wildman–Crippen MR) is 37.0 cm³/mol. The molecule has 1 heterocycles. The molecule has 1 unspecified atom stereocenters. The van der Waals surface area contributed by atoms with Gasteiger partial charge in [0.25, 0.3) is 0 Å². The summed E-state index contributed by atoms with van der Waals surface area (Å²) >= 11 is 0. The maximum atomic E-state index is 5.36. The molecule has 1 aliphatic rings. The SMILES string of the molecule is CC1CON(C(C)C)C1. The third-order valence-electron chi connectivity index (χ3n) is 1.59. The Morgan fingerprint density at radius 2 is 2.22 bits per heavy atom. The number of hydrogen-bond donors (Lipinski definition) is 0. The lowest BCUT2D eigenvalue weighted by Crippen LogP contribution is -2.26. The highest BCUT2D eigenvalue weighted by Crippen LogP contribution is 2.13. The van der Waals surface area contributed by atoms with E-state index in [0.717, 1.165) is 13.2 Å². The van der Waals surface area contributed by atoms with Crippen molar-refractivity contribution < 1.29 is 4.84 Å². The van der Waals surface area contributed by atoms with E-state index in [0.29, 0.717) is 12.0 Å². The predicted octanol–water partition coefficient (Wildman–Crippen LogP) is 1.28. The summed E-state index contributed by atoms with van der Waals surface area (Å²) in [5.41, 5.74) is 0. The normalized spacial score (nSPS) is 30.0. The molecule has 0 amide bonds. The van der Waals surface area contributed by atoms with E-state index in [1.807, 2.05) is 5.06 Å². The molecule has 1 aliphatic heterocycles. The molecule has 0 aliphatic carbocycles. The first-order chi connectivity index (χ1) is 4.20. The van der Waals surface area contributed by atoms with Crippen molar-refractivity contribution >= 4 is 0 Å². The first-order valence-electron chi connectivity index (χ1n) is 3.59. The lowest BCUT2D eigenvalue weighted by Gasteiger charge is -2.17. The highest BCUT2D eigenvalue weighted by atomic mass is 16.7. The Hall–Kier alpha value is -0.0800. The van der Waals surface area contributed by atoms with Crippen LogP contribution in [-0.2, 0) is 4.84 Å². The van der Waals surface area contributed by atoms with Crippen LogP contribution >= 0.6 is 0 Å². The first kappa shape index (κ1) is 7.03. The fourth-order valence-electron chi connectivity index (χ4n) is 0.995. The van der Waals surface area contributed by atoms with Crippen LogP contribution in [0.3, 0.4) is 0 Å². The molecule has 2 heteroatoms. The summed E-state index contributed by atoms with van der Waals surface area (Å²) in [6, 6.07) is 0.537. The third kappa shape index (κ3) is 1.66. The smallest absolute Gasteiger partial charge is 0.0723 e. The van der Waals surface area contributed by atoms with Gasteiger partial charge in [-0.25, -0.2) is 0 Å². The monoisotopic (exact) mass is 129 g/mol. The maximum absolute atomic E-state index is 5.36. The summed E-state index contributed by atoms with van der Waals surface area (Å²) in [6.45, 7) is 8.51. The van der Waals surface area contributed by atoms with Crippen LogP contribution < -0.4 is 0 Å². The second-order valence-electron chi connectivity index (χ2n) is 3.09. The average Bonchev–Trinajstić information content (AvgIpc) is 2.14. The molecule has 0 radical (unpaired) electrons. The molecular weight excluding hydrogens is 114 g/mol. The lowest BCUT2D eigenvalue weighted by atomic mass is 10.2. The zero-order valence-corrected chi connectivity index (χ0v) is 6.42. The van der Waals surface area contributed by atoms with Crippen LogP contribution in [0, 0.1) is 5.92 Å². The molecule has 9 heavy (non-hydrogen) atoms. The van der Waals surface area contributed by atoms with Gasteiger partial charge in [-0.05, 0) is 19.8 Å². The molecule has 1 rings (SSSR count). The van der Waals surface area contributed by atoms with Crippen LogP contribution in [0.4, 0.5) is 0 Å². The molecule has 0 spiro atoms. The summed E-state index contributed by atoms with van der Waals surface area (Å²) in [4.78, 5) is 5.36. The van der Waals surface area contributed by atoms with E-state index in [2.05, 4.69) is 20.8 Å². The first-order valence-corrected chi connectivity index (χ1v) is 3.59. The van der Waals surface area contributed by atoms with Gasteiger partial charge in [0, 0.05) is 12.6 Å². The molecule has 0 aromatic heterocycles. The van der Waals surface area contributed by atoms with Crippen molar-refractivity contribution in [3.05, 3.63) is 0 Å². The largest absolute Gasteiger partial charge is 0.298 e. The zero-order valence-electron chi connectivity index (χ0n) is 6.42. The molecule has 0 N–H and O–H groups in total. The van der Waals surface area contributed by atoms with E-state index in [-0.39, 0.29) is 0 Å². The molecule has 2 nitrogen and oxygen atoms in total.